The Kier molecular flexibility index (Phi) is 8.32. The van der Waals surface area contributed by atoms with Gasteiger partial charge < -0.3 is 20.1 Å². The number of hydrogen-bond donors (Lipinski definition) is 1. The lowest BCUT2D eigenvalue weighted by molar-refractivity contribution is 0.0743. The molecule has 1 aromatic carbocycles. The van der Waals surface area contributed by atoms with E-state index in [-0.39, 0.29) is 24.4 Å². The molecule has 2 rings (SSSR count). The number of nitrogens with two attached hydrogens (primary N) is 1. The number of halogens is 2. The van der Waals surface area contributed by atoms with Crippen molar-refractivity contribution in [1.29, 1.82) is 0 Å². The molecular weight excluding hydrogens is 363 g/mol. The molecule has 1 aliphatic heterocycles. The van der Waals surface area contributed by atoms with Crippen molar-refractivity contribution in [3.8, 4) is 11.5 Å². The average molecular weight is 391 g/mol. The van der Waals surface area contributed by atoms with Crippen LogP contribution in [0.25, 0.3) is 0 Å². The molecule has 2 unspecified atom stereocenters. The third-order valence-electron chi connectivity index (χ3n) is 4.29. The Morgan fingerprint density at radius 2 is 2.12 bits per heavy atom. The molecule has 142 valence electrons. The van der Waals surface area contributed by atoms with Gasteiger partial charge in [0.1, 0.15) is 0 Å². The molecule has 1 saturated heterocycles. The number of carbonyl (C=O) groups excluding carboxylic acids is 1. The fourth-order valence-electron chi connectivity index (χ4n) is 3.00. The van der Waals surface area contributed by atoms with Gasteiger partial charge in [0, 0.05) is 18.2 Å². The van der Waals surface area contributed by atoms with Crippen molar-refractivity contribution in [3.63, 3.8) is 0 Å². The molecule has 1 heterocycles. The van der Waals surface area contributed by atoms with E-state index in [4.69, 9.17) is 26.8 Å². The van der Waals surface area contributed by atoms with Crippen LogP contribution in [0.4, 0.5) is 0 Å². The number of amides is 1. The Morgan fingerprint density at radius 3 is 2.64 bits per heavy atom. The second kappa shape index (κ2) is 9.51. The molecule has 1 amide bonds. The van der Waals surface area contributed by atoms with Gasteiger partial charge in [0.25, 0.3) is 5.91 Å². The highest BCUT2D eigenvalue weighted by Crippen LogP contribution is 2.37. The first-order valence-electron chi connectivity index (χ1n) is 8.38. The second-order valence-corrected chi connectivity index (χ2v) is 7.25. The van der Waals surface area contributed by atoms with E-state index in [1.165, 1.54) is 0 Å². The third-order valence-corrected chi connectivity index (χ3v) is 4.57. The predicted molar refractivity (Wildman–Crippen MR) is 103 cm³/mol. The summed E-state index contributed by atoms with van der Waals surface area (Å²) >= 11 is 6.34. The van der Waals surface area contributed by atoms with E-state index in [1.807, 2.05) is 11.8 Å². The minimum absolute atomic E-state index is 0. The van der Waals surface area contributed by atoms with Gasteiger partial charge in [-0.25, -0.2) is 0 Å². The summed E-state index contributed by atoms with van der Waals surface area (Å²) in [7, 11) is 1.55. The molecule has 0 saturated carbocycles. The number of rotatable bonds is 6. The quantitative estimate of drug-likeness (QED) is 0.805. The highest BCUT2D eigenvalue weighted by molar-refractivity contribution is 6.32. The maximum Gasteiger partial charge on any atom is 0.254 e. The molecule has 0 aliphatic carbocycles. The number of ether oxygens (including phenoxy) is 2. The van der Waals surface area contributed by atoms with Crippen LogP contribution in [0.2, 0.25) is 5.02 Å². The summed E-state index contributed by atoms with van der Waals surface area (Å²) in [6.07, 6.45) is 0.933. The number of nitrogens with zero attached hydrogens (tertiary/aromatic N) is 1. The minimum atomic E-state index is -0.0472. The molecule has 5 nitrogen and oxygen atoms in total. The van der Waals surface area contributed by atoms with Gasteiger partial charge in [-0.3, -0.25) is 4.79 Å². The fraction of sp³-hybridized carbons (Fsp3) is 0.611. The fourth-order valence-corrected chi connectivity index (χ4v) is 3.26. The van der Waals surface area contributed by atoms with E-state index >= 15 is 0 Å². The van der Waals surface area contributed by atoms with Gasteiger partial charge in [0.05, 0.1) is 18.7 Å². The van der Waals surface area contributed by atoms with Gasteiger partial charge in [-0.05, 0) is 43.9 Å². The van der Waals surface area contributed by atoms with E-state index in [0.717, 1.165) is 6.42 Å². The summed E-state index contributed by atoms with van der Waals surface area (Å²) in [4.78, 5) is 14.7. The normalized spacial score (nSPS) is 19.7. The molecule has 7 heteroatoms. The summed E-state index contributed by atoms with van der Waals surface area (Å²) in [5, 5.41) is 0.389. The van der Waals surface area contributed by atoms with Gasteiger partial charge in [-0.1, -0.05) is 25.4 Å². The molecule has 1 aromatic rings. The van der Waals surface area contributed by atoms with Gasteiger partial charge in [0.2, 0.25) is 0 Å². The van der Waals surface area contributed by atoms with E-state index in [1.54, 1.807) is 19.2 Å². The van der Waals surface area contributed by atoms with Gasteiger partial charge in [-0.15, -0.1) is 12.4 Å². The van der Waals surface area contributed by atoms with Crippen LogP contribution in [-0.4, -0.2) is 43.7 Å². The molecule has 0 radical (unpaired) electrons. The molecular formula is C18H28Cl2N2O3. The average Bonchev–Trinajstić information content (AvgIpc) is 2.93. The number of methoxy groups -OCH3 is 1. The smallest absolute Gasteiger partial charge is 0.254 e. The van der Waals surface area contributed by atoms with Crippen molar-refractivity contribution in [3.05, 3.63) is 22.7 Å². The molecule has 0 spiro atoms. The molecule has 2 N–H and O–H groups in total. The summed E-state index contributed by atoms with van der Waals surface area (Å²) in [6, 6.07) is 3.53. The van der Waals surface area contributed by atoms with Crippen LogP contribution < -0.4 is 15.2 Å². The Hall–Kier alpha value is -1.17. The Morgan fingerprint density at radius 1 is 1.44 bits per heavy atom. The van der Waals surface area contributed by atoms with Crippen LogP contribution in [-0.2, 0) is 0 Å². The van der Waals surface area contributed by atoms with Crippen LogP contribution in [0.5, 0.6) is 11.5 Å². The monoisotopic (exact) mass is 390 g/mol. The molecule has 2 atom stereocenters. The first kappa shape index (κ1) is 21.9. The Labute approximate surface area is 161 Å². The Balaban J connectivity index is 0.00000312. The first-order valence-corrected chi connectivity index (χ1v) is 8.76. The van der Waals surface area contributed by atoms with Crippen molar-refractivity contribution in [1.82, 2.24) is 4.90 Å². The van der Waals surface area contributed by atoms with E-state index in [2.05, 4.69) is 13.8 Å². The zero-order valence-electron chi connectivity index (χ0n) is 15.3. The van der Waals surface area contributed by atoms with Crippen LogP contribution in [0.1, 0.15) is 37.6 Å². The van der Waals surface area contributed by atoms with Crippen LogP contribution in [0.15, 0.2) is 12.1 Å². The minimum Gasteiger partial charge on any atom is -0.493 e. The lowest BCUT2D eigenvalue weighted by atomic mass is 10.1. The highest BCUT2D eigenvalue weighted by Gasteiger charge is 2.32. The SMILES string of the molecule is COc1cc(C(=O)N2CC(CN)CC2C)cc(Cl)c1OCC(C)C.Cl. The summed E-state index contributed by atoms with van der Waals surface area (Å²) < 4.78 is 11.1. The number of likely N-dealkylation sites (tertiary alicyclic amines) is 1. The number of hydrogen-bond acceptors (Lipinski definition) is 4. The standard InChI is InChI=1S/C18H27ClN2O3.ClH/c1-11(2)10-24-17-15(19)6-14(7-16(17)23-4)18(22)21-9-13(8-20)5-12(21)3;/h6-7,11-13H,5,8-10,20H2,1-4H3;1H. The Bertz CT molecular complexity index is 596. The summed E-state index contributed by atoms with van der Waals surface area (Å²) in [5.74, 6) is 1.64. The zero-order chi connectivity index (χ0) is 17.9. The van der Waals surface area contributed by atoms with Crippen LogP contribution in [0.3, 0.4) is 0 Å². The topological polar surface area (TPSA) is 64.8 Å². The predicted octanol–water partition coefficient (Wildman–Crippen LogP) is 3.61. The van der Waals surface area contributed by atoms with Gasteiger partial charge in [-0.2, -0.15) is 0 Å². The number of carbonyl (C=O) groups is 1. The van der Waals surface area contributed by atoms with Crippen molar-refractivity contribution in [2.24, 2.45) is 17.6 Å². The highest BCUT2D eigenvalue weighted by atomic mass is 35.5. The maximum atomic E-state index is 12.8. The van der Waals surface area contributed by atoms with Crippen molar-refractivity contribution < 1.29 is 14.3 Å². The van der Waals surface area contributed by atoms with E-state index < -0.39 is 0 Å². The number of benzene rings is 1. The zero-order valence-corrected chi connectivity index (χ0v) is 16.8. The van der Waals surface area contributed by atoms with Crippen LogP contribution >= 0.6 is 24.0 Å². The molecule has 0 aromatic heterocycles. The third kappa shape index (κ3) is 5.16. The first-order chi connectivity index (χ1) is 11.4. The summed E-state index contributed by atoms with van der Waals surface area (Å²) in [6.45, 7) is 7.97. The van der Waals surface area contributed by atoms with Gasteiger partial charge >= 0.3 is 0 Å². The molecule has 1 aliphatic rings. The van der Waals surface area contributed by atoms with Crippen molar-refractivity contribution >= 4 is 29.9 Å². The van der Waals surface area contributed by atoms with Crippen molar-refractivity contribution in [2.75, 3.05) is 26.8 Å². The summed E-state index contributed by atoms with van der Waals surface area (Å²) in [5.41, 5.74) is 6.26. The van der Waals surface area contributed by atoms with E-state index in [0.29, 0.717) is 53.6 Å². The maximum absolute atomic E-state index is 12.8. The van der Waals surface area contributed by atoms with Crippen LogP contribution in [0, 0.1) is 11.8 Å². The van der Waals surface area contributed by atoms with Gasteiger partial charge in [0.15, 0.2) is 11.5 Å². The van der Waals surface area contributed by atoms with E-state index in [9.17, 15) is 4.79 Å². The second-order valence-electron chi connectivity index (χ2n) is 6.84. The molecule has 25 heavy (non-hydrogen) atoms. The molecule has 1 fully saturated rings. The van der Waals surface area contributed by atoms with Crippen molar-refractivity contribution in [2.45, 2.75) is 33.2 Å². The lowest BCUT2D eigenvalue weighted by Crippen LogP contribution is -2.34. The molecule has 0 bridgehead atoms. The largest absolute Gasteiger partial charge is 0.493 e. The lowest BCUT2D eigenvalue weighted by Gasteiger charge is -2.22.